The average Bonchev–Trinajstić information content (AvgIpc) is 2.42. The minimum Gasteiger partial charge on any atom is -0.373 e. The van der Waals surface area contributed by atoms with Crippen LogP contribution in [0.15, 0.2) is 43.7 Å². The van der Waals surface area contributed by atoms with Crippen LogP contribution < -0.4 is 10.6 Å². The molecule has 1 amide bonds. The van der Waals surface area contributed by atoms with Gasteiger partial charge in [-0.2, -0.15) is 0 Å². The van der Waals surface area contributed by atoms with E-state index in [-0.39, 0.29) is 5.91 Å². The summed E-state index contributed by atoms with van der Waals surface area (Å²) in [6.45, 7) is 0. The zero-order chi connectivity index (χ0) is 14.7. The molecule has 0 saturated carbocycles. The number of amides is 1. The van der Waals surface area contributed by atoms with Crippen LogP contribution in [-0.4, -0.2) is 17.9 Å². The summed E-state index contributed by atoms with van der Waals surface area (Å²) in [4.78, 5) is 16.4. The van der Waals surface area contributed by atoms with Crippen LogP contribution in [0.4, 0.5) is 11.5 Å². The Morgan fingerprint density at radius 1 is 1.15 bits per heavy atom. The number of halogens is 3. The molecule has 2 aromatic rings. The van der Waals surface area contributed by atoms with Gasteiger partial charge >= 0.3 is 0 Å². The Morgan fingerprint density at radius 3 is 2.40 bits per heavy atom. The summed E-state index contributed by atoms with van der Waals surface area (Å²) in [7, 11) is 1.76. The van der Waals surface area contributed by atoms with Gasteiger partial charge in [0.15, 0.2) is 0 Å². The number of nitrogens with zero attached hydrogens (tertiary/aromatic N) is 1. The smallest absolute Gasteiger partial charge is 0.274 e. The van der Waals surface area contributed by atoms with Gasteiger partial charge in [-0.25, -0.2) is 4.98 Å². The zero-order valence-electron chi connectivity index (χ0n) is 10.4. The van der Waals surface area contributed by atoms with E-state index in [0.717, 1.165) is 13.4 Å². The van der Waals surface area contributed by atoms with E-state index < -0.39 is 0 Å². The van der Waals surface area contributed by atoms with Crippen molar-refractivity contribution in [2.75, 3.05) is 17.7 Å². The summed E-state index contributed by atoms with van der Waals surface area (Å²) < 4.78 is 2.46. The van der Waals surface area contributed by atoms with Crippen molar-refractivity contribution in [3.05, 3.63) is 49.4 Å². The second-order valence-electron chi connectivity index (χ2n) is 3.86. The second kappa shape index (κ2) is 6.69. The van der Waals surface area contributed by atoms with Crippen LogP contribution >= 0.6 is 47.8 Å². The first-order valence-electron chi connectivity index (χ1n) is 5.62. The van der Waals surface area contributed by atoms with Gasteiger partial charge in [0.1, 0.15) is 11.5 Å². The van der Waals surface area contributed by atoms with Gasteiger partial charge in [0.05, 0.1) is 5.69 Å². The van der Waals surface area contributed by atoms with Gasteiger partial charge in [-0.05, 0) is 56.1 Å². The largest absolute Gasteiger partial charge is 0.373 e. The van der Waals surface area contributed by atoms with E-state index in [1.165, 1.54) is 0 Å². The molecular formula is C13H10Br3N3O. The Kier molecular flexibility index (Phi) is 5.17. The Labute approximate surface area is 141 Å². The van der Waals surface area contributed by atoms with Gasteiger partial charge in [0.2, 0.25) is 0 Å². The second-order valence-corrected chi connectivity index (χ2v) is 6.48. The molecule has 0 aliphatic heterocycles. The molecule has 0 atom stereocenters. The highest BCUT2D eigenvalue weighted by atomic mass is 79.9. The number of benzene rings is 1. The molecule has 0 aliphatic rings. The lowest BCUT2D eigenvalue weighted by molar-refractivity contribution is 0.102. The third kappa shape index (κ3) is 3.59. The Morgan fingerprint density at radius 2 is 1.80 bits per heavy atom. The van der Waals surface area contributed by atoms with Crippen LogP contribution in [0, 0.1) is 0 Å². The molecule has 2 N–H and O–H groups in total. The number of nitrogens with one attached hydrogen (secondary N) is 2. The van der Waals surface area contributed by atoms with Crippen molar-refractivity contribution >= 4 is 65.2 Å². The Hall–Kier alpha value is -0.920. The first kappa shape index (κ1) is 15.5. The maximum Gasteiger partial charge on any atom is 0.274 e. The molecule has 1 heterocycles. The lowest BCUT2D eigenvalue weighted by Crippen LogP contribution is -2.15. The van der Waals surface area contributed by atoms with Gasteiger partial charge in [0.25, 0.3) is 5.91 Å². The molecule has 0 saturated heterocycles. The van der Waals surface area contributed by atoms with E-state index in [0.29, 0.717) is 17.2 Å². The van der Waals surface area contributed by atoms with Crippen LogP contribution in [0.3, 0.4) is 0 Å². The molecule has 0 aliphatic carbocycles. The topological polar surface area (TPSA) is 54.0 Å². The van der Waals surface area contributed by atoms with Crippen molar-refractivity contribution in [2.45, 2.75) is 0 Å². The van der Waals surface area contributed by atoms with Gasteiger partial charge in [-0.3, -0.25) is 4.79 Å². The fourth-order valence-electron chi connectivity index (χ4n) is 1.54. The summed E-state index contributed by atoms with van der Waals surface area (Å²) in [6.07, 6.45) is 0. The van der Waals surface area contributed by atoms with E-state index in [1.807, 2.05) is 12.1 Å². The van der Waals surface area contributed by atoms with Crippen molar-refractivity contribution < 1.29 is 4.79 Å². The van der Waals surface area contributed by atoms with Crippen molar-refractivity contribution in [3.63, 3.8) is 0 Å². The lowest BCUT2D eigenvalue weighted by atomic mass is 10.3. The molecule has 0 unspecified atom stereocenters. The highest BCUT2D eigenvalue weighted by Gasteiger charge is 2.13. The van der Waals surface area contributed by atoms with Crippen LogP contribution in [0.1, 0.15) is 10.5 Å². The molecule has 1 aromatic heterocycles. The molecule has 0 fully saturated rings. The summed E-state index contributed by atoms with van der Waals surface area (Å²) in [5.41, 5.74) is 1.01. The number of pyridine rings is 1. The van der Waals surface area contributed by atoms with Crippen LogP contribution in [0.25, 0.3) is 0 Å². The van der Waals surface area contributed by atoms with Crippen LogP contribution in [0.5, 0.6) is 0 Å². The number of carbonyl (C=O) groups is 1. The molecule has 4 nitrogen and oxygen atoms in total. The summed E-state index contributed by atoms with van der Waals surface area (Å²) in [5.74, 6) is 0.373. The van der Waals surface area contributed by atoms with Crippen molar-refractivity contribution in [1.82, 2.24) is 4.98 Å². The number of hydrogen-bond acceptors (Lipinski definition) is 3. The minimum absolute atomic E-state index is 0.272. The molecule has 7 heteroatoms. The van der Waals surface area contributed by atoms with Crippen LogP contribution in [-0.2, 0) is 0 Å². The summed E-state index contributed by atoms with van der Waals surface area (Å²) in [6, 6.07) is 8.95. The monoisotopic (exact) mass is 461 g/mol. The number of rotatable bonds is 3. The molecule has 0 radical (unpaired) electrons. The van der Waals surface area contributed by atoms with Gasteiger partial charge in [-0.1, -0.05) is 22.0 Å². The predicted molar refractivity (Wildman–Crippen MR) is 91.3 cm³/mol. The SMILES string of the molecule is CNc1cccc(C(=O)Nc2c(Br)cc(Br)cc2Br)n1. The van der Waals surface area contributed by atoms with Crippen LogP contribution in [0.2, 0.25) is 0 Å². The molecule has 104 valence electrons. The first-order chi connectivity index (χ1) is 9.51. The normalized spacial score (nSPS) is 10.2. The maximum absolute atomic E-state index is 12.2. The molecule has 2 rings (SSSR count). The third-order valence-electron chi connectivity index (χ3n) is 2.48. The van der Waals surface area contributed by atoms with Crippen molar-refractivity contribution in [2.24, 2.45) is 0 Å². The molecule has 0 spiro atoms. The maximum atomic E-state index is 12.2. The Bertz CT molecular complexity index is 638. The predicted octanol–water partition coefficient (Wildman–Crippen LogP) is 4.66. The fraction of sp³-hybridized carbons (Fsp3) is 0.0769. The van der Waals surface area contributed by atoms with Crippen molar-refractivity contribution in [1.29, 1.82) is 0 Å². The summed E-state index contributed by atoms with van der Waals surface area (Å²) in [5, 5.41) is 5.73. The lowest BCUT2D eigenvalue weighted by Gasteiger charge is -2.10. The first-order valence-corrected chi connectivity index (χ1v) is 8.00. The highest BCUT2D eigenvalue weighted by Crippen LogP contribution is 2.34. The van der Waals surface area contributed by atoms with E-state index in [4.69, 9.17) is 0 Å². The number of hydrogen-bond donors (Lipinski definition) is 2. The zero-order valence-corrected chi connectivity index (χ0v) is 15.1. The van der Waals surface area contributed by atoms with Gasteiger partial charge in [0, 0.05) is 20.5 Å². The van der Waals surface area contributed by atoms with Gasteiger partial charge in [-0.15, -0.1) is 0 Å². The van der Waals surface area contributed by atoms with Crippen molar-refractivity contribution in [3.8, 4) is 0 Å². The number of carbonyl (C=O) groups excluding carboxylic acids is 1. The summed E-state index contributed by atoms with van der Waals surface area (Å²) >= 11 is 10.2. The van der Waals surface area contributed by atoms with E-state index in [2.05, 4.69) is 63.4 Å². The molecule has 0 bridgehead atoms. The molecule has 20 heavy (non-hydrogen) atoms. The molecular weight excluding hydrogens is 454 g/mol. The standard InChI is InChI=1S/C13H10Br3N3O/c1-17-11-4-2-3-10(18-11)13(20)19-12-8(15)5-7(14)6-9(12)16/h2-6H,1H3,(H,17,18)(H,19,20). The quantitative estimate of drug-likeness (QED) is 0.696. The molecule has 1 aromatic carbocycles. The third-order valence-corrected chi connectivity index (χ3v) is 4.19. The van der Waals surface area contributed by atoms with E-state index >= 15 is 0 Å². The Balaban J connectivity index is 2.28. The fourth-order valence-corrected chi connectivity index (χ4v) is 4.00. The highest BCUT2D eigenvalue weighted by molar-refractivity contribution is 9.11. The van der Waals surface area contributed by atoms with Gasteiger partial charge < -0.3 is 10.6 Å². The van der Waals surface area contributed by atoms with E-state index in [9.17, 15) is 4.79 Å². The minimum atomic E-state index is -0.272. The number of anilines is 2. The average molecular weight is 464 g/mol. The number of aromatic nitrogens is 1. The van der Waals surface area contributed by atoms with E-state index in [1.54, 1.807) is 25.2 Å².